The Balaban J connectivity index is 2.01. The van der Waals surface area contributed by atoms with E-state index in [0.717, 1.165) is 18.3 Å². The van der Waals surface area contributed by atoms with E-state index in [1.807, 2.05) is 0 Å². The average molecular weight is 339 g/mol. The summed E-state index contributed by atoms with van der Waals surface area (Å²) in [7, 11) is 0. The topological polar surface area (TPSA) is 75.4 Å². The Bertz CT molecular complexity index is 812. The van der Waals surface area contributed by atoms with Crippen LogP contribution in [0.1, 0.15) is 33.3 Å². The number of rotatable bonds is 2. The van der Waals surface area contributed by atoms with E-state index in [4.69, 9.17) is 5.11 Å². The molecule has 2 heterocycles. The molecule has 24 heavy (non-hydrogen) atoms. The SMILES string of the molecule is C[C@H]1Cn2ncc(C(=O)O)c2C(=O)N1c1ccc(C(F)(F)F)cc1. The minimum absolute atomic E-state index is 0.0829. The number of fused-ring (bicyclic) bond motifs is 1. The summed E-state index contributed by atoms with van der Waals surface area (Å²) in [6, 6.07) is 3.79. The minimum atomic E-state index is -4.47. The highest BCUT2D eigenvalue weighted by molar-refractivity contribution is 6.11. The van der Waals surface area contributed by atoms with Crippen LogP contribution in [0.25, 0.3) is 0 Å². The summed E-state index contributed by atoms with van der Waals surface area (Å²) in [5, 5.41) is 13.0. The van der Waals surface area contributed by atoms with Gasteiger partial charge >= 0.3 is 12.1 Å². The molecule has 2 aromatic rings. The molecule has 0 spiro atoms. The van der Waals surface area contributed by atoms with Gasteiger partial charge < -0.3 is 10.0 Å². The van der Waals surface area contributed by atoms with Gasteiger partial charge in [-0.25, -0.2) is 4.79 Å². The molecule has 1 amide bonds. The van der Waals surface area contributed by atoms with Crippen molar-refractivity contribution < 1.29 is 27.9 Å². The van der Waals surface area contributed by atoms with E-state index in [2.05, 4.69) is 5.10 Å². The van der Waals surface area contributed by atoms with Crippen LogP contribution in [0.5, 0.6) is 0 Å². The number of nitrogens with zero attached hydrogens (tertiary/aromatic N) is 3. The number of anilines is 1. The first-order valence-corrected chi connectivity index (χ1v) is 7.00. The summed E-state index contributed by atoms with van der Waals surface area (Å²) in [4.78, 5) is 25.2. The van der Waals surface area contributed by atoms with Gasteiger partial charge in [0, 0.05) is 5.69 Å². The number of hydrogen-bond donors (Lipinski definition) is 1. The molecule has 3 rings (SSSR count). The first kappa shape index (κ1) is 16.0. The van der Waals surface area contributed by atoms with Gasteiger partial charge in [-0.2, -0.15) is 18.3 Å². The van der Waals surface area contributed by atoms with Crippen molar-refractivity contribution in [1.82, 2.24) is 9.78 Å². The molecular weight excluding hydrogens is 327 g/mol. The number of hydrogen-bond acceptors (Lipinski definition) is 3. The van der Waals surface area contributed by atoms with Crippen LogP contribution in [-0.2, 0) is 12.7 Å². The van der Waals surface area contributed by atoms with E-state index in [0.29, 0.717) is 0 Å². The second-order valence-corrected chi connectivity index (χ2v) is 5.46. The van der Waals surface area contributed by atoms with Gasteiger partial charge in [0.25, 0.3) is 5.91 Å². The van der Waals surface area contributed by atoms with Crippen molar-refractivity contribution in [2.24, 2.45) is 0 Å². The molecule has 0 aliphatic carbocycles. The van der Waals surface area contributed by atoms with E-state index >= 15 is 0 Å². The molecule has 0 saturated carbocycles. The number of halogens is 3. The first-order chi connectivity index (χ1) is 11.2. The Morgan fingerprint density at radius 2 is 1.92 bits per heavy atom. The summed E-state index contributed by atoms with van der Waals surface area (Å²) in [5.41, 5.74) is -0.867. The Kier molecular flexibility index (Phi) is 3.58. The van der Waals surface area contributed by atoms with Gasteiger partial charge in [0.2, 0.25) is 0 Å². The second kappa shape index (κ2) is 5.36. The third-order valence-electron chi connectivity index (χ3n) is 3.84. The van der Waals surface area contributed by atoms with Crippen LogP contribution in [-0.4, -0.2) is 32.8 Å². The lowest BCUT2D eigenvalue weighted by atomic mass is 10.1. The predicted molar refractivity (Wildman–Crippen MR) is 76.9 cm³/mol. The monoisotopic (exact) mass is 339 g/mol. The van der Waals surface area contributed by atoms with Crippen LogP contribution in [0.3, 0.4) is 0 Å². The zero-order valence-corrected chi connectivity index (χ0v) is 12.4. The molecule has 0 saturated heterocycles. The Hall–Kier alpha value is -2.84. The summed E-state index contributed by atoms with van der Waals surface area (Å²) in [6.45, 7) is 1.95. The van der Waals surface area contributed by atoms with Gasteiger partial charge in [0.15, 0.2) is 0 Å². The average Bonchev–Trinajstić information content (AvgIpc) is 2.91. The molecule has 0 radical (unpaired) electrons. The van der Waals surface area contributed by atoms with Crippen molar-refractivity contribution in [3.05, 3.63) is 47.3 Å². The van der Waals surface area contributed by atoms with Crippen molar-refractivity contribution >= 4 is 17.6 Å². The fourth-order valence-corrected chi connectivity index (χ4v) is 2.73. The number of carbonyl (C=O) groups excluding carboxylic acids is 1. The van der Waals surface area contributed by atoms with Crippen LogP contribution < -0.4 is 4.90 Å². The quantitative estimate of drug-likeness (QED) is 0.913. The van der Waals surface area contributed by atoms with E-state index in [9.17, 15) is 22.8 Å². The minimum Gasteiger partial charge on any atom is -0.478 e. The zero-order chi connectivity index (χ0) is 17.6. The molecule has 126 valence electrons. The van der Waals surface area contributed by atoms with Gasteiger partial charge in [-0.1, -0.05) is 0 Å². The maximum Gasteiger partial charge on any atom is 0.416 e. The highest BCUT2D eigenvalue weighted by Crippen LogP contribution is 2.32. The first-order valence-electron chi connectivity index (χ1n) is 7.00. The summed E-state index contributed by atoms with van der Waals surface area (Å²) in [5.74, 6) is -1.89. The van der Waals surface area contributed by atoms with Crippen molar-refractivity contribution in [3.63, 3.8) is 0 Å². The van der Waals surface area contributed by atoms with Gasteiger partial charge in [-0.3, -0.25) is 9.48 Å². The van der Waals surface area contributed by atoms with Gasteiger partial charge in [-0.15, -0.1) is 0 Å². The molecule has 6 nitrogen and oxygen atoms in total. The lowest BCUT2D eigenvalue weighted by molar-refractivity contribution is -0.137. The van der Waals surface area contributed by atoms with Crippen molar-refractivity contribution in [2.75, 3.05) is 4.90 Å². The molecule has 9 heteroatoms. The summed E-state index contributed by atoms with van der Waals surface area (Å²) < 4.78 is 39.3. The van der Waals surface area contributed by atoms with Crippen LogP contribution in [0.15, 0.2) is 30.5 Å². The third-order valence-corrected chi connectivity index (χ3v) is 3.84. The van der Waals surface area contributed by atoms with Crippen molar-refractivity contribution in [3.8, 4) is 0 Å². The smallest absolute Gasteiger partial charge is 0.416 e. The number of amides is 1. The zero-order valence-electron chi connectivity index (χ0n) is 12.4. The van der Waals surface area contributed by atoms with E-state index in [1.54, 1.807) is 6.92 Å². The molecule has 1 N–H and O–H groups in total. The van der Waals surface area contributed by atoms with Crippen molar-refractivity contribution in [1.29, 1.82) is 0 Å². The van der Waals surface area contributed by atoms with Gasteiger partial charge in [-0.05, 0) is 31.2 Å². The molecule has 0 fully saturated rings. The number of aromatic nitrogens is 2. The summed E-state index contributed by atoms with van der Waals surface area (Å²) in [6.07, 6.45) is -3.37. The van der Waals surface area contributed by atoms with Gasteiger partial charge in [0.05, 0.1) is 24.3 Å². The molecule has 0 bridgehead atoms. The van der Waals surface area contributed by atoms with E-state index < -0.39 is 23.6 Å². The lowest BCUT2D eigenvalue weighted by Crippen LogP contribution is -2.47. The van der Waals surface area contributed by atoms with E-state index in [-0.39, 0.29) is 29.5 Å². The number of benzene rings is 1. The van der Waals surface area contributed by atoms with E-state index in [1.165, 1.54) is 21.7 Å². The van der Waals surface area contributed by atoms with Crippen LogP contribution in [0.2, 0.25) is 0 Å². The number of carbonyl (C=O) groups is 2. The normalized spacial score (nSPS) is 17.8. The number of alkyl halides is 3. The molecule has 1 aromatic carbocycles. The number of carboxylic acid groups (broad SMARTS) is 1. The fourth-order valence-electron chi connectivity index (χ4n) is 2.73. The van der Waals surface area contributed by atoms with Gasteiger partial charge in [0.1, 0.15) is 11.3 Å². The molecule has 1 aliphatic heterocycles. The number of aromatic carboxylic acids is 1. The number of carboxylic acids is 1. The fraction of sp³-hybridized carbons (Fsp3) is 0.267. The molecule has 1 atom stereocenters. The summed E-state index contributed by atoms with van der Waals surface area (Å²) >= 11 is 0. The lowest BCUT2D eigenvalue weighted by Gasteiger charge is -2.34. The van der Waals surface area contributed by atoms with Crippen molar-refractivity contribution in [2.45, 2.75) is 25.7 Å². The maximum atomic E-state index is 12.7. The molecular formula is C15H12F3N3O3. The Morgan fingerprint density at radius 3 is 2.46 bits per heavy atom. The molecule has 1 aliphatic rings. The van der Waals surface area contributed by atoms with Crippen LogP contribution in [0, 0.1) is 0 Å². The Labute approximate surface area is 134 Å². The predicted octanol–water partition coefficient (Wildman–Crippen LogP) is 2.65. The molecule has 0 unspecified atom stereocenters. The highest BCUT2D eigenvalue weighted by Gasteiger charge is 2.36. The largest absolute Gasteiger partial charge is 0.478 e. The maximum absolute atomic E-state index is 12.7. The highest BCUT2D eigenvalue weighted by atomic mass is 19.4. The standard InChI is InChI=1S/C15H12F3N3O3/c1-8-7-20-12(11(6-19-20)14(23)24)13(22)21(8)10-4-2-9(3-5-10)15(16,17)18/h2-6,8H,7H2,1H3,(H,23,24)/t8-/m0/s1. The second-order valence-electron chi connectivity index (χ2n) is 5.46. The van der Waals surface area contributed by atoms with Crippen LogP contribution in [0.4, 0.5) is 18.9 Å². The Morgan fingerprint density at radius 1 is 1.29 bits per heavy atom. The third kappa shape index (κ3) is 2.51. The van der Waals surface area contributed by atoms with Crippen LogP contribution >= 0.6 is 0 Å². The molecule has 1 aromatic heterocycles.